The molecule has 1 aliphatic heterocycles. The van der Waals surface area contributed by atoms with E-state index in [0.29, 0.717) is 12.2 Å². The Morgan fingerprint density at radius 2 is 2.19 bits per heavy atom. The first-order chi connectivity index (χ1) is 7.65. The van der Waals surface area contributed by atoms with Gasteiger partial charge in [-0.2, -0.15) is 0 Å². The molecule has 84 valence electrons. The second-order valence-electron chi connectivity index (χ2n) is 3.47. The van der Waals surface area contributed by atoms with E-state index in [-0.39, 0.29) is 0 Å². The molecule has 3 nitrogen and oxygen atoms in total. The highest BCUT2D eigenvalue weighted by atomic mass is 79.9. The zero-order valence-corrected chi connectivity index (χ0v) is 10.8. The summed E-state index contributed by atoms with van der Waals surface area (Å²) in [5, 5.41) is 11.5. The van der Waals surface area contributed by atoms with Gasteiger partial charge < -0.3 is 9.90 Å². The number of aliphatic imine (C=N–C) groups is 1. The number of hydrogen-bond acceptors (Lipinski definition) is 4. The van der Waals surface area contributed by atoms with Crippen molar-refractivity contribution in [2.45, 2.75) is 12.5 Å². The van der Waals surface area contributed by atoms with Crippen LogP contribution in [0.3, 0.4) is 0 Å². The van der Waals surface area contributed by atoms with Crippen LogP contribution >= 0.6 is 27.7 Å². The van der Waals surface area contributed by atoms with Crippen molar-refractivity contribution >= 4 is 38.7 Å². The zero-order chi connectivity index (χ0) is 11.5. The molecule has 0 fully saturated rings. The van der Waals surface area contributed by atoms with Crippen LogP contribution in [0, 0.1) is 0 Å². The Kier molecular flexibility index (Phi) is 3.66. The third kappa shape index (κ3) is 2.86. The highest BCUT2D eigenvalue weighted by Crippen LogP contribution is 2.21. The maximum absolute atomic E-state index is 10.6. The average molecular weight is 299 g/mol. The van der Waals surface area contributed by atoms with Crippen molar-refractivity contribution in [3.8, 4) is 0 Å². The van der Waals surface area contributed by atoms with Gasteiger partial charge in [0.2, 0.25) is 0 Å². The molecule has 5 heteroatoms. The van der Waals surface area contributed by atoms with Crippen molar-refractivity contribution in [3.05, 3.63) is 34.3 Å². The van der Waals surface area contributed by atoms with Crippen LogP contribution in [-0.4, -0.2) is 22.8 Å². The SMILES string of the molecule is O=C([O-])[C@@H]1CSC(Cc2ccc(Br)cc2)=N1. The lowest BCUT2D eigenvalue weighted by Gasteiger charge is -2.04. The van der Waals surface area contributed by atoms with Gasteiger partial charge in [-0.15, -0.1) is 11.8 Å². The van der Waals surface area contributed by atoms with Gasteiger partial charge in [-0.25, -0.2) is 0 Å². The molecule has 0 aromatic heterocycles. The normalized spacial score (nSPS) is 19.6. The van der Waals surface area contributed by atoms with E-state index in [9.17, 15) is 9.90 Å². The Morgan fingerprint density at radius 3 is 2.75 bits per heavy atom. The fourth-order valence-electron chi connectivity index (χ4n) is 1.42. The molecular formula is C11H9BrNO2S-. The molecule has 0 saturated carbocycles. The third-order valence-corrected chi connectivity index (χ3v) is 3.84. The van der Waals surface area contributed by atoms with Crippen LogP contribution in [0.5, 0.6) is 0 Å². The van der Waals surface area contributed by atoms with Gasteiger partial charge in [0.15, 0.2) is 0 Å². The number of aliphatic carboxylic acids is 1. The largest absolute Gasteiger partial charge is 0.548 e. The summed E-state index contributed by atoms with van der Waals surface area (Å²) in [5.41, 5.74) is 1.13. The van der Waals surface area contributed by atoms with E-state index in [4.69, 9.17) is 0 Å². The summed E-state index contributed by atoms with van der Waals surface area (Å²) < 4.78 is 1.03. The highest BCUT2D eigenvalue weighted by molar-refractivity contribution is 9.10. The van der Waals surface area contributed by atoms with Crippen molar-refractivity contribution in [2.75, 3.05) is 5.75 Å². The first-order valence-corrected chi connectivity index (χ1v) is 6.58. The summed E-state index contributed by atoms with van der Waals surface area (Å²) >= 11 is 4.86. The fraction of sp³-hybridized carbons (Fsp3) is 0.273. The molecule has 0 spiro atoms. The minimum Gasteiger partial charge on any atom is -0.548 e. The number of halogens is 1. The molecule has 1 aromatic rings. The molecule has 0 N–H and O–H groups in total. The van der Waals surface area contributed by atoms with Crippen LogP contribution in [0.4, 0.5) is 0 Å². The number of carboxylic acid groups (broad SMARTS) is 1. The summed E-state index contributed by atoms with van der Waals surface area (Å²) in [6.45, 7) is 0. The molecule has 0 saturated heterocycles. The molecule has 1 aromatic carbocycles. The van der Waals surface area contributed by atoms with Gasteiger partial charge in [-0.1, -0.05) is 28.1 Å². The summed E-state index contributed by atoms with van der Waals surface area (Å²) in [7, 11) is 0. The zero-order valence-electron chi connectivity index (χ0n) is 8.35. The molecule has 1 aliphatic rings. The van der Waals surface area contributed by atoms with Crippen LogP contribution in [0.15, 0.2) is 33.7 Å². The summed E-state index contributed by atoms with van der Waals surface area (Å²) in [5.74, 6) is -0.591. The van der Waals surface area contributed by atoms with Crippen LogP contribution in [0.2, 0.25) is 0 Å². The van der Waals surface area contributed by atoms with Crippen LogP contribution < -0.4 is 5.11 Å². The number of hydrogen-bond donors (Lipinski definition) is 0. The lowest BCUT2D eigenvalue weighted by atomic mass is 10.2. The van der Waals surface area contributed by atoms with E-state index < -0.39 is 12.0 Å². The number of rotatable bonds is 3. The number of benzene rings is 1. The number of carbonyl (C=O) groups is 1. The first-order valence-electron chi connectivity index (χ1n) is 4.80. The van der Waals surface area contributed by atoms with Gasteiger partial charge in [0, 0.05) is 16.6 Å². The Morgan fingerprint density at radius 1 is 1.50 bits per heavy atom. The Hall–Kier alpha value is -0.810. The monoisotopic (exact) mass is 298 g/mol. The number of thioether (sulfide) groups is 1. The summed E-state index contributed by atoms with van der Waals surface area (Å²) in [4.78, 5) is 14.7. The molecule has 0 amide bonds. The molecule has 1 atom stereocenters. The van der Waals surface area contributed by atoms with E-state index in [1.54, 1.807) is 0 Å². The minimum absolute atomic E-state index is 0.494. The van der Waals surface area contributed by atoms with Gasteiger partial charge >= 0.3 is 0 Å². The molecule has 0 bridgehead atoms. The molecule has 16 heavy (non-hydrogen) atoms. The molecule has 0 aliphatic carbocycles. The van der Waals surface area contributed by atoms with Gasteiger partial charge in [-0.3, -0.25) is 4.99 Å². The molecule has 0 unspecified atom stereocenters. The van der Waals surface area contributed by atoms with Gasteiger partial charge in [0.05, 0.1) is 17.1 Å². The van der Waals surface area contributed by atoms with E-state index in [1.807, 2.05) is 24.3 Å². The number of nitrogens with zero attached hydrogens (tertiary/aromatic N) is 1. The second kappa shape index (κ2) is 5.01. The topological polar surface area (TPSA) is 52.5 Å². The average Bonchev–Trinajstić information content (AvgIpc) is 2.70. The lowest BCUT2D eigenvalue weighted by molar-refractivity contribution is -0.306. The number of carboxylic acids is 1. The second-order valence-corrected chi connectivity index (χ2v) is 5.48. The quantitative estimate of drug-likeness (QED) is 0.844. The maximum Gasteiger partial charge on any atom is 0.0996 e. The maximum atomic E-state index is 10.6. The lowest BCUT2D eigenvalue weighted by Crippen LogP contribution is -2.34. The van der Waals surface area contributed by atoms with Crippen LogP contribution in [0.1, 0.15) is 5.56 Å². The molecule has 2 rings (SSSR count). The predicted octanol–water partition coefficient (Wildman–Crippen LogP) is 1.26. The van der Waals surface area contributed by atoms with E-state index in [0.717, 1.165) is 15.1 Å². The van der Waals surface area contributed by atoms with Crippen molar-refractivity contribution < 1.29 is 9.90 Å². The van der Waals surface area contributed by atoms with Crippen molar-refractivity contribution in [2.24, 2.45) is 4.99 Å². The Balaban J connectivity index is 2.03. The highest BCUT2D eigenvalue weighted by Gasteiger charge is 2.18. The Labute approximate surface area is 106 Å². The van der Waals surface area contributed by atoms with Crippen molar-refractivity contribution in [1.82, 2.24) is 0 Å². The first kappa shape index (κ1) is 11.7. The fourth-order valence-corrected chi connectivity index (χ4v) is 2.71. The standard InChI is InChI=1S/C11H10BrNO2S/c12-8-3-1-7(2-4-8)5-10-13-9(6-16-10)11(14)15/h1-4,9H,5-6H2,(H,14,15)/p-1/t9-/m0/s1. The van der Waals surface area contributed by atoms with Gasteiger partial charge in [-0.05, 0) is 17.7 Å². The summed E-state index contributed by atoms with van der Waals surface area (Å²) in [6, 6.07) is 7.26. The molecule has 0 radical (unpaired) electrons. The van der Waals surface area contributed by atoms with Gasteiger partial charge in [0.1, 0.15) is 0 Å². The van der Waals surface area contributed by atoms with E-state index in [2.05, 4.69) is 20.9 Å². The van der Waals surface area contributed by atoms with Crippen LogP contribution in [0.25, 0.3) is 0 Å². The van der Waals surface area contributed by atoms with E-state index >= 15 is 0 Å². The van der Waals surface area contributed by atoms with Crippen LogP contribution in [-0.2, 0) is 11.2 Å². The molecule has 1 heterocycles. The predicted molar refractivity (Wildman–Crippen MR) is 66.5 cm³/mol. The molecular weight excluding hydrogens is 290 g/mol. The van der Waals surface area contributed by atoms with Crippen molar-refractivity contribution in [1.29, 1.82) is 0 Å². The summed E-state index contributed by atoms with van der Waals surface area (Å²) in [6.07, 6.45) is 0.696. The Bertz CT molecular complexity index is 430. The minimum atomic E-state index is -1.08. The van der Waals surface area contributed by atoms with Crippen molar-refractivity contribution in [3.63, 3.8) is 0 Å². The number of carbonyl (C=O) groups excluding carboxylic acids is 1. The van der Waals surface area contributed by atoms with E-state index in [1.165, 1.54) is 11.8 Å². The van der Waals surface area contributed by atoms with Gasteiger partial charge in [0.25, 0.3) is 0 Å². The smallest absolute Gasteiger partial charge is 0.0996 e. The third-order valence-electron chi connectivity index (χ3n) is 2.25.